The van der Waals surface area contributed by atoms with E-state index in [0.29, 0.717) is 6.54 Å². The van der Waals surface area contributed by atoms with Gasteiger partial charge in [0.05, 0.1) is 17.8 Å². The van der Waals surface area contributed by atoms with Gasteiger partial charge in [0.25, 0.3) is 0 Å². The highest BCUT2D eigenvalue weighted by Gasteiger charge is 2.53. The van der Waals surface area contributed by atoms with Crippen molar-refractivity contribution in [3.8, 4) is 0 Å². The molecule has 0 bridgehead atoms. The molecule has 7 heteroatoms. The van der Waals surface area contributed by atoms with Gasteiger partial charge in [-0.15, -0.1) is 0 Å². The molecule has 0 aliphatic carbocycles. The van der Waals surface area contributed by atoms with Gasteiger partial charge in [0, 0.05) is 12.0 Å². The maximum Gasteiger partial charge on any atom is 0.457 e. The number of ether oxygens (including phenoxy) is 1. The van der Waals surface area contributed by atoms with E-state index in [2.05, 4.69) is 5.32 Å². The summed E-state index contributed by atoms with van der Waals surface area (Å²) < 4.78 is 17.5. The predicted octanol–water partition coefficient (Wildman–Crippen LogP) is 2.15. The zero-order chi connectivity index (χ0) is 19.1. The van der Waals surface area contributed by atoms with Crippen molar-refractivity contribution in [2.24, 2.45) is 5.41 Å². The highest BCUT2D eigenvalue weighted by Crippen LogP contribution is 2.40. The summed E-state index contributed by atoms with van der Waals surface area (Å²) in [4.78, 5) is 12.4. The van der Waals surface area contributed by atoms with E-state index in [4.69, 9.17) is 14.0 Å². The first-order valence-electron chi connectivity index (χ1n) is 9.25. The van der Waals surface area contributed by atoms with Crippen LogP contribution < -0.4 is 5.32 Å². The largest absolute Gasteiger partial charge is 0.459 e. The predicted molar refractivity (Wildman–Crippen MR) is 97.3 cm³/mol. The van der Waals surface area contributed by atoms with Crippen molar-refractivity contribution in [3.63, 3.8) is 0 Å². The molecule has 25 heavy (non-hydrogen) atoms. The fraction of sp³-hybridized carbons (Fsp3) is 0.944. The Labute approximate surface area is 152 Å². The van der Waals surface area contributed by atoms with Crippen molar-refractivity contribution in [2.45, 2.75) is 90.5 Å². The highest BCUT2D eigenvalue weighted by atomic mass is 16.7. The Morgan fingerprint density at radius 2 is 1.80 bits per heavy atom. The van der Waals surface area contributed by atoms with Gasteiger partial charge in [0.2, 0.25) is 0 Å². The minimum Gasteiger partial charge on any atom is -0.459 e. The Kier molecular flexibility index (Phi) is 5.66. The van der Waals surface area contributed by atoms with Gasteiger partial charge in [-0.1, -0.05) is 6.42 Å². The summed E-state index contributed by atoms with van der Waals surface area (Å²) in [6, 6.07) is -0.449. The maximum atomic E-state index is 12.4. The molecule has 2 N–H and O–H groups in total. The number of rotatable bonds is 6. The molecule has 2 atom stereocenters. The van der Waals surface area contributed by atoms with E-state index in [0.717, 1.165) is 19.2 Å². The van der Waals surface area contributed by atoms with E-state index in [1.807, 2.05) is 48.5 Å². The van der Waals surface area contributed by atoms with Crippen molar-refractivity contribution in [2.75, 3.05) is 13.2 Å². The Bertz CT molecular complexity index is 482. The average Bonchev–Trinajstić information content (AvgIpc) is 2.59. The third-order valence-corrected chi connectivity index (χ3v) is 5.64. The van der Waals surface area contributed by atoms with Crippen molar-refractivity contribution >= 4 is 13.1 Å². The van der Waals surface area contributed by atoms with Gasteiger partial charge in [-0.2, -0.15) is 0 Å². The highest BCUT2D eigenvalue weighted by molar-refractivity contribution is 6.45. The normalized spacial score (nSPS) is 30.9. The number of hydrogen-bond donors (Lipinski definition) is 2. The fourth-order valence-electron chi connectivity index (χ4n) is 3.35. The van der Waals surface area contributed by atoms with E-state index in [1.54, 1.807) is 0 Å². The Balaban J connectivity index is 1.87. The van der Waals surface area contributed by atoms with Gasteiger partial charge in [0.15, 0.2) is 0 Å². The molecule has 2 aliphatic rings. The van der Waals surface area contributed by atoms with Crippen LogP contribution in [0.4, 0.5) is 0 Å². The molecule has 2 aliphatic heterocycles. The molecule has 0 radical (unpaired) electrons. The molecule has 6 nitrogen and oxygen atoms in total. The smallest absolute Gasteiger partial charge is 0.457 e. The number of carbonyl (C=O) groups excluding carboxylic acids is 1. The number of aliphatic hydroxyl groups excluding tert-OH is 1. The number of nitrogens with one attached hydrogen (secondary N) is 1. The topological polar surface area (TPSA) is 77.0 Å². The quantitative estimate of drug-likeness (QED) is 0.562. The second-order valence-corrected chi connectivity index (χ2v) is 9.45. The van der Waals surface area contributed by atoms with E-state index < -0.39 is 17.1 Å². The summed E-state index contributed by atoms with van der Waals surface area (Å²) in [6.45, 7) is 14.3. The standard InChI is InChI=1S/C18H34BNO5/c1-15(2,3)23-14(22)13-18(12-21,11-20-13)9-8-10-19-24-16(4,5)17(6,7)25-19/h13,20-21H,8-12H2,1-7H3/t13-,18+/m1/s1. The van der Waals surface area contributed by atoms with Crippen LogP contribution >= 0.6 is 0 Å². The fourth-order valence-corrected chi connectivity index (χ4v) is 3.35. The molecule has 0 aromatic heterocycles. The Morgan fingerprint density at radius 1 is 1.24 bits per heavy atom. The first kappa shape index (κ1) is 20.7. The Hall–Kier alpha value is -0.625. The number of esters is 1. The van der Waals surface area contributed by atoms with Gasteiger partial charge in [-0.25, -0.2) is 0 Å². The molecule has 2 saturated heterocycles. The molecule has 0 amide bonds. The lowest BCUT2D eigenvalue weighted by atomic mass is 9.68. The molecule has 144 valence electrons. The SMILES string of the molecule is CC(C)(C)OC(=O)[C@H]1NC[C@]1(CO)CCCB1OC(C)(C)C(C)(C)O1. The first-order valence-corrected chi connectivity index (χ1v) is 9.25. The third-order valence-electron chi connectivity index (χ3n) is 5.64. The molecule has 0 unspecified atom stereocenters. The van der Waals surface area contributed by atoms with Crippen LogP contribution in [0, 0.1) is 5.41 Å². The summed E-state index contributed by atoms with van der Waals surface area (Å²) in [5.41, 5.74) is -1.64. The summed E-state index contributed by atoms with van der Waals surface area (Å²) in [5, 5.41) is 13.0. The van der Waals surface area contributed by atoms with E-state index in [9.17, 15) is 9.90 Å². The molecule has 0 aromatic carbocycles. The Morgan fingerprint density at radius 3 is 2.20 bits per heavy atom. The van der Waals surface area contributed by atoms with Crippen LogP contribution in [-0.4, -0.2) is 54.2 Å². The van der Waals surface area contributed by atoms with Crippen molar-refractivity contribution in [1.82, 2.24) is 5.32 Å². The maximum absolute atomic E-state index is 12.4. The van der Waals surface area contributed by atoms with Crippen LogP contribution in [0.1, 0.15) is 61.3 Å². The second kappa shape index (κ2) is 6.84. The molecule has 2 rings (SSSR count). The molecule has 0 spiro atoms. The molecule has 2 fully saturated rings. The lowest BCUT2D eigenvalue weighted by molar-refractivity contribution is -0.168. The molecule has 0 saturated carbocycles. The van der Waals surface area contributed by atoms with Crippen LogP contribution in [0.25, 0.3) is 0 Å². The minimum atomic E-state index is -0.530. The van der Waals surface area contributed by atoms with E-state index >= 15 is 0 Å². The second-order valence-electron chi connectivity index (χ2n) is 9.45. The van der Waals surface area contributed by atoms with Crippen LogP contribution in [0.5, 0.6) is 0 Å². The van der Waals surface area contributed by atoms with Gasteiger partial charge >= 0.3 is 13.1 Å². The molecule has 0 aromatic rings. The van der Waals surface area contributed by atoms with Crippen LogP contribution in [0.3, 0.4) is 0 Å². The van der Waals surface area contributed by atoms with Gasteiger partial charge < -0.3 is 24.5 Å². The lowest BCUT2D eigenvalue weighted by Gasteiger charge is -2.48. The number of carbonyl (C=O) groups is 1. The third kappa shape index (κ3) is 4.38. The van der Waals surface area contributed by atoms with Gasteiger partial charge in [-0.3, -0.25) is 4.79 Å². The lowest BCUT2D eigenvalue weighted by Crippen LogP contribution is -2.68. The monoisotopic (exact) mass is 355 g/mol. The van der Waals surface area contributed by atoms with E-state index in [-0.39, 0.29) is 30.9 Å². The van der Waals surface area contributed by atoms with Gasteiger partial charge in [0.1, 0.15) is 11.6 Å². The van der Waals surface area contributed by atoms with Crippen LogP contribution in [0.15, 0.2) is 0 Å². The summed E-state index contributed by atoms with van der Waals surface area (Å²) in [5.74, 6) is -0.288. The molecule has 2 heterocycles. The zero-order valence-electron chi connectivity index (χ0n) is 16.8. The number of hydrogen-bond acceptors (Lipinski definition) is 6. The summed E-state index contributed by atoms with van der Waals surface area (Å²) in [7, 11) is -0.242. The van der Waals surface area contributed by atoms with Crippen LogP contribution in [-0.2, 0) is 18.8 Å². The molecular weight excluding hydrogens is 321 g/mol. The summed E-state index contributed by atoms with van der Waals surface area (Å²) >= 11 is 0. The zero-order valence-corrected chi connectivity index (χ0v) is 16.8. The van der Waals surface area contributed by atoms with Crippen LogP contribution in [0.2, 0.25) is 6.32 Å². The van der Waals surface area contributed by atoms with E-state index in [1.165, 1.54) is 0 Å². The average molecular weight is 355 g/mol. The minimum absolute atomic E-state index is 0.0344. The van der Waals surface area contributed by atoms with Gasteiger partial charge in [-0.05, 0) is 61.2 Å². The summed E-state index contributed by atoms with van der Waals surface area (Å²) in [6.07, 6.45) is 2.29. The van der Waals surface area contributed by atoms with Crippen molar-refractivity contribution in [3.05, 3.63) is 0 Å². The number of aliphatic hydroxyl groups is 1. The van der Waals surface area contributed by atoms with Crippen molar-refractivity contribution in [1.29, 1.82) is 0 Å². The molecular formula is C18H34BNO5. The van der Waals surface area contributed by atoms with Crippen molar-refractivity contribution < 1.29 is 23.9 Å². The first-order chi connectivity index (χ1) is 11.3.